The Morgan fingerprint density at radius 3 is 2.79 bits per heavy atom. The van der Waals surface area contributed by atoms with Crippen molar-refractivity contribution in [2.75, 3.05) is 6.54 Å². The minimum absolute atomic E-state index is 0.410. The van der Waals surface area contributed by atoms with Crippen LogP contribution >= 0.6 is 0 Å². The van der Waals surface area contributed by atoms with Gasteiger partial charge in [-0.25, -0.2) is 0 Å². The minimum Gasteiger partial charge on any atom is -0.350 e. The van der Waals surface area contributed by atoms with Crippen molar-refractivity contribution in [3.05, 3.63) is 54.1 Å². The Hall–Kier alpha value is -1.61. The molecule has 2 aromatic heterocycles. The summed E-state index contributed by atoms with van der Waals surface area (Å²) in [5.41, 5.74) is 2.70. The number of pyridine rings is 1. The Labute approximate surface area is 115 Å². The predicted octanol–water partition coefficient (Wildman–Crippen LogP) is 3.19. The molecule has 0 radical (unpaired) electrons. The third-order valence-electron chi connectivity index (χ3n) is 3.40. The zero-order valence-electron chi connectivity index (χ0n) is 11.8. The lowest BCUT2D eigenvalue weighted by Crippen LogP contribution is -2.22. The van der Waals surface area contributed by atoms with Crippen molar-refractivity contribution >= 4 is 0 Å². The van der Waals surface area contributed by atoms with E-state index in [-0.39, 0.29) is 0 Å². The molecule has 0 aliphatic heterocycles. The molecule has 1 N–H and O–H groups in total. The van der Waals surface area contributed by atoms with Crippen molar-refractivity contribution in [3.63, 3.8) is 0 Å². The van der Waals surface area contributed by atoms with Gasteiger partial charge in [-0.2, -0.15) is 0 Å². The van der Waals surface area contributed by atoms with Crippen molar-refractivity contribution in [2.45, 2.75) is 39.3 Å². The van der Waals surface area contributed by atoms with Crippen molar-refractivity contribution in [2.24, 2.45) is 0 Å². The fourth-order valence-electron chi connectivity index (χ4n) is 2.29. The van der Waals surface area contributed by atoms with Crippen LogP contribution < -0.4 is 5.32 Å². The maximum absolute atomic E-state index is 4.05. The Kier molecular flexibility index (Phi) is 5.16. The number of aromatic nitrogens is 2. The zero-order valence-corrected chi connectivity index (χ0v) is 11.8. The number of hydrogen-bond acceptors (Lipinski definition) is 2. The van der Waals surface area contributed by atoms with Crippen molar-refractivity contribution < 1.29 is 0 Å². The van der Waals surface area contributed by atoms with E-state index in [2.05, 4.69) is 59.2 Å². The average molecular weight is 257 g/mol. The smallest absolute Gasteiger partial charge is 0.0446 e. The summed E-state index contributed by atoms with van der Waals surface area (Å²) in [7, 11) is 0. The molecule has 1 atom stereocenters. The predicted molar refractivity (Wildman–Crippen MR) is 79.1 cm³/mol. The van der Waals surface area contributed by atoms with Gasteiger partial charge in [0.2, 0.25) is 0 Å². The van der Waals surface area contributed by atoms with Crippen molar-refractivity contribution in [1.82, 2.24) is 14.9 Å². The van der Waals surface area contributed by atoms with Crippen LogP contribution in [0.5, 0.6) is 0 Å². The molecule has 3 heteroatoms. The zero-order chi connectivity index (χ0) is 13.5. The molecule has 0 spiro atoms. The molecule has 0 fully saturated rings. The molecular formula is C16H23N3. The summed E-state index contributed by atoms with van der Waals surface area (Å²) in [6.07, 6.45) is 8.10. The Bertz CT molecular complexity index is 476. The first-order chi connectivity index (χ1) is 9.31. The highest BCUT2D eigenvalue weighted by Crippen LogP contribution is 2.14. The molecule has 2 heterocycles. The fraction of sp³-hybridized carbons (Fsp3) is 0.438. The van der Waals surface area contributed by atoms with E-state index in [0.717, 1.165) is 19.5 Å². The van der Waals surface area contributed by atoms with E-state index in [1.165, 1.54) is 17.7 Å². The molecule has 0 saturated heterocycles. The maximum atomic E-state index is 4.05. The summed E-state index contributed by atoms with van der Waals surface area (Å²) in [5.74, 6) is 0. The van der Waals surface area contributed by atoms with Gasteiger partial charge in [0.05, 0.1) is 0 Å². The molecule has 0 aliphatic rings. The van der Waals surface area contributed by atoms with E-state index in [1.54, 1.807) is 0 Å². The third-order valence-corrected chi connectivity index (χ3v) is 3.40. The molecule has 0 saturated carbocycles. The topological polar surface area (TPSA) is 29.9 Å². The highest BCUT2D eigenvalue weighted by atomic mass is 15.0. The normalized spacial score (nSPS) is 12.5. The third kappa shape index (κ3) is 3.93. The summed E-state index contributed by atoms with van der Waals surface area (Å²) in [4.78, 5) is 4.05. The van der Waals surface area contributed by atoms with Crippen LogP contribution in [0.25, 0.3) is 0 Å². The first-order valence-electron chi connectivity index (χ1n) is 7.08. The van der Waals surface area contributed by atoms with Gasteiger partial charge >= 0.3 is 0 Å². The van der Waals surface area contributed by atoms with Gasteiger partial charge in [0, 0.05) is 36.9 Å². The maximum Gasteiger partial charge on any atom is 0.0446 e. The fourth-order valence-corrected chi connectivity index (χ4v) is 2.29. The van der Waals surface area contributed by atoms with Crippen LogP contribution in [0, 0.1) is 0 Å². The first-order valence-corrected chi connectivity index (χ1v) is 7.08. The Morgan fingerprint density at radius 2 is 2.05 bits per heavy atom. The lowest BCUT2D eigenvalue weighted by atomic mass is 10.2. The molecule has 2 rings (SSSR count). The van der Waals surface area contributed by atoms with Crippen LogP contribution in [0.1, 0.15) is 37.6 Å². The number of rotatable bonds is 7. The van der Waals surface area contributed by atoms with Crippen LogP contribution in [0.15, 0.2) is 42.9 Å². The van der Waals surface area contributed by atoms with Gasteiger partial charge in [-0.05, 0) is 56.1 Å². The molecule has 3 nitrogen and oxygen atoms in total. The SMILES string of the molecule is CCCNC(C)c1cccn1CCc1ccncc1. The van der Waals surface area contributed by atoms with E-state index >= 15 is 0 Å². The van der Waals surface area contributed by atoms with Crippen LogP contribution in [-0.4, -0.2) is 16.1 Å². The van der Waals surface area contributed by atoms with Gasteiger partial charge < -0.3 is 9.88 Å². The molecule has 19 heavy (non-hydrogen) atoms. The Balaban J connectivity index is 1.96. The number of nitrogens with one attached hydrogen (secondary N) is 1. The van der Waals surface area contributed by atoms with Crippen LogP contribution in [0.4, 0.5) is 0 Å². The average Bonchev–Trinajstić information content (AvgIpc) is 2.92. The second-order valence-corrected chi connectivity index (χ2v) is 4.91. The molecule has 1 unspecified atom stereocenters. The van der Waals surface area contributed by atoms with E-state index in [9.17, 15) is 0 Å². The summed E-state index contributed by atoms with van der Waals surface area (Å²) >= 11 is 0. The van der Waals surface area contributed by atoms with Gasteiger partial charge in [0.1, 0.15) is 0 Å². The molecule has 2 aromatic rings. The number of nitrogens with zero attached hydrogens (tertiary/aromatic N) is 2. The van der Waals surface area contributed by atoms with E-state index < -0.39 is 0 Å². The molecule has 0 aliphatic carbocycles. The molecule has 102 valence electrons. The number of aryl methyl sites for hydroxylation is 2. The summed E-state index contributed by atoms with van der Waals surface area (Å²) in [6.45, 7) is 6.51. The standard InChI is InChI=1S/C16H23N3/c1-3-9-18-14(2)16-5-4-12-19(16)13-8-15-6-10-17-11-7-15/h4-7,10-12,14,18H,3,8-9,13H2,1-2H3. The lowest BCUT2D eigenvalue weighted by molar-refractivity contribution is 0.523. The van der Waals surface area contributed by atoms with E-state index in [4.69, 9.17) is 0 Å². The van der Waals surface area contributed by atoms with Gasteiger partial charge in [-0.1, -0.05) is 6.92 Å². The molecular weight excluding hydrogens is 234 g/mol. The summed E-state index contributed by atoms with van der Waals surface area (Å²) in [6, 6.07) is 8.92. The highest BCUT2D eigenvalue weighted by Gasteiger charge is 2.08. The van der Waals surface area contributed by atoms with Crippen LogP contribution in [-0.2, 0) is 13.0 Å². The monoisotopic (exact) mass is 257 g/mol. The van der Waals surface area contributed by atoms with Gasteiger partial charge in [-0.3, -0.25) is 4.98 Å². The lowest BCUT2D eigenvalue weighted by Gasteiger charge is -2.17. The number of hydrogen-bond donors (Lipinski definition) is 1. The van der Waals surface area contributed by atoms with Crippen molar-refractivity contribution in [1.29, 1.82) is 0 Å². The molecule has 0 amide bonds. The largest absolute Gasteiger partial charge is 0.350 e. The highest BCUT2D eigenvalue weighted by molar-refractivity contribution is 5.13. The Morgan fingerprint density at radius 1 is 1.26 bits per heavy atom. The van der Waals surface area contributed by atoms with Gasteiger partial charge in [0.25, 0.3) is 0 Å². The van der Waals surface area contributed by atoms with E-state index in [0.29, 0.717) is 6.04 Å². The van der Waals surface area contributed by atoms with Gasteiger partial charge in [-0.15, -0.1) is 0 Å². The quantitative estimate of drug-likeness (QED) is 0.825. The van der Waals surface area contributed by atoms with Gasteiger partial charge in [0.15, 0.2) is 0 Å². The van der Waals surface area contributed by atoms with Crippen LogP contribution in [0.2, 0.25) is 0 Å². The minimum atomic E-state index is 0.410. The second kappa shape index (κ2) is 7.10. The van der Waals surface area contributed by atoms with Crippen molar-refractivity contribution in [3.8, 4) is 0 Å². The van der Waals surface area contributed by atoms with E-state index in [1.807, 2.05) is 12.4 Å². The second-order valence-electron chi connectivity index (χ2n) is 4.91. The molecule has 0 bridgehead atoms. The van der Waals surface area contributed by atoms with Crippen LogP contribution in [0.3, 0.4) is 0 Å². The molecule has 0 aromatic carbocycles. The summed E-state index contributed by atoms with van der Waals surface area (Å²) in [5, 5.41) is 3.54. The first kappa shape index (κ1) is 13.8. The summed E-state index contributed by atoms with van der Waals surface area (Å²) < 4.78 is 2.34.